The van der Waals surface area contributed by atoms with Gasteiger partial charge in [0.25, 0.3) is 0 Å². The first-order chi connectivity index (χ1) is 16.2. The lowest BCUT2D eigenvalue weighted by Gasteiger charge is -2.64. The molecule has 0 amide bonds. The van der Waals surface area contributed by atoms with E-state index in [1.54, 1.807) is 13.0 Å². The molecular weight excluding hydrogens is 444 g/mol. The Balaban J connectivity index is 1.54. The van der Waals surface area contributed by atoms with Gasteiger partial charge in [-0.25, -0.2) is 0 Å². The Bertz CT molecular complexity index is 1140. The maximum absolute atomic E-state index is 12.5. The molecule has 1 aliphatic heterocycles. The van der Waals surface area contributed by atoms with Gasteiger partial charge in [0.15, 0.2) is 11.6 Å². The first kappa shape index (κ1) is 22.8. The summed E-state index contributed by atoms with van der Waals surface area (Å²) in [5.41, 5.74) is 2.19. The van der Waals surface area contributed by atoms with Gasteiger partial charge in [-0.05, 0) is 92.4 Å². The molecule has 0 saturated heterocycles. The number of thioether (sulfide) groups is 1. The molecule has 6 rings (SSSR count). The van der Waals surface area contributed by atoms with Crippen LogP contribution in [0.25, 0.3) is 0 Å². The number of rotatable bonds is 3. The Hall–Kier alpha value is -1.69. The summed E-state index contributed by atoms with van der Waals surface area (Å²) >= 11 is 1.93. The zero-order valence-corrected chi connectivity index (χ0v) is 20.9. The van der Waals surface area contributed by atoms with Crippen molar-refractivity contribution in [3.8, 4) is 0 Å². The van der Waals surface area contributed by atoms with Gasteiger partial charge < -0.3 is 10.2 Å². The molecule has 1 heterocycles. The van der Waals surface area contributed by atoms with E-state index in [9.17, 15) is 19.8 Å². The van der Waals surface area contributed by atoms with Crippen LogP contribution in [0.15, 0.2) is 46.9 Å². The molecule has 180 valence electrons. The number of fused-ring (bicyclic) bond motifs is 4. The van der Waals surface area contributed by atoms with E-state index < -0.39 is 5.60 Å². The Kier molecular flexibility index (Phi) is 5.12. The number of aliphatic hydroxyl groups excluding tert-OH is 1. The van der Waals surface area contributed by atoms with Crippen molar-refractivity contribution in [1.29, 1.82) is 0 Å². The summed E-state index contributed by atoms with van der Waals surface area (Å²) in [5.74, 6) is 1.99. The monoisotopic (exact) mass is 478 g/mol. The second-order valence-corrected chi connectivity index (χ2v) is 12.9. The summed E-state index contributed by atoms with van der Waals surface area (Å²) in [7, 11) is 0. The molecule has 34 heavy (non-hydrogen) atoms. The fourth-order valence-electron chi connectivity index (χ4n) is 8.70. The van der Waals surface area contributed by atoms with Crippen molar-refractivity contribution in [2.45, 2.75) is 80.0 Å². The minimum Gasteiger partial charge on any atom is -0.392 e. The molecule has 3 fully saturated rings. The van der Waals surface area contributed by atoms with E-state index in [4.69, 9.17) is 0 Å². The average Bonchev–Trinajstić information content (AvgIpc) is 3.08. The van der Waals surface area contributed by atoms with Gasteiger partial charge in [0.05, 0.1) is 12.2 Å². The van der Waals surface area contributed by atoms with E-state index in [-0.39, 0.29) is 34.3 Å². The zero-order chi connectivity index (χ0) is 23.9. The third-order valence-electron chi connectivity index (χ3n) is 10.2. The summed E-state index contributed by atoms with van der Waals surface area (Å²) in [4.78, 5) is 25.8. The molecule has 7 atom stereocenters. The molecular formula is C29H34O4S. The molecule has 1 aromatic rings. The van der Waals surface area contributed by atoms with Crippen LogP contribution in [0.1, 0.15) is 80.6 Å². The summed E-state index contributed by atoms with van der Waals surface area (Å²) in [6.45, 7) is 3.84. The molecule has 1 spiro atoms. The highest BCUT2D eigenvalue weighted by Gasteiger charge is 2.68. The van der Waals surface area contributed by atoms with Crippen molar-refractivity contribution in [3.63, 3.8) is 0 Å². The van der Waals surface area contributed by atoms with Crippen LogP contribution in [0.3, 0.4) is 0 Å². The van der Waals surface area contributed by atoms with Gasteiger partial charge in [-0.15, -0.1) is 11.8 Å². The summed E-state index contributed by atoms with van der Waals surface area (Å²) in [6, 6.07) is 6.21. The Morgan fingerprint density at radius 2 is 2.06 bits per heavy atom. The van der Waals surface area contributed by atoms with E-state index in [1.165, 1.54) is 16.0 Å². The molecule has 0 aromatic heterocycles. The van der Waals surface area contributed by atoms with Crippen molar-refractivity contribution >= 4 is 23.3 Å². The SMILES string of the molecule is CC(=O)c1ccc2c(c1)S[C@]13CCC(=O)C=C1CC[C@@H]1C3[C@@H]2C[C@@]2(C)[C@H]1CC[C@@]2(O)/C=C\CO. The van der Waals surface area contributed by atoms with Crippen LogP contribution in [-0.4, -0.2) is 38.7 Å². The first-order valence-corrected chi connectivity index (χ1v) is 13.6. The second-order valence-electron chi connectivity index (χ2n) is 11.5. The smallest absolute Gasteiger partial charge is 0.159 e. The third kappa shape index (κ3) is 2.93. The Labute approximate surface area is 205 Å². The third-order valence-corrected chi connectivity index (χ3v) is 11.9. The molecule has 5 heteroatoms. The lowest BCUT2D eigenvalue weighted by Crippen LogP contribution is -2.60. The molecule has 4 nitrogen and oxygen atoms in total. The van der Waals surface area contributed by atoms with Crippen LogP contribution < -0.4 is 0 Å². The summed E-state index contributed by atoms with van der Waals surface area (Å²) in [5, 5.41) is 21.3. The van der Waals surface area contributed by atoms with Crippen molar-refractivity contribution in [1.82, 2.24) is 0 Å². The van der Waals surface area contributed by atoms with Crippen molar-refractivity contribution in [3.05, 3.63) is 53.1 Å². The van der Waals surface area contributed by atoms with Crippen LogP contribution in [0.2, 0.25) is 0 Å². The number of aliphatic hydroxyl groups is 2. The number of benzene rings is 1. The quantitative estimate of drug-likeness (QED) is 0.460. The van der Waals surface area contributed by atoms with Gasteiger partial charge in [-0.2, -0.15) is 0 Å². The highest BCUT2D eigenvalue weighted by atomic mass is 32.2. The van der Waals surface area contributed by atoms with Crippen molar-refractivity contribution in [2.24, 2.45) is 23.2 Å². The predicted molar refractivity (Wildman–Crippen MR) is 133 cm³/mol. The van der Waals surface area contributed by atoms with Gasteiger partial charge in [-0.3, -0.25) is 9.59 Å². The van der Waals surface area contributed by atoms with Crippen molar-refractivity contribution in [2.75, 3.05) is 6.61 Å². The number of hydrogen-bond acceptors (Lipinski definition) is 5. The standard InChI is InChI=1S/C29H34O4S/c1-17(31)18-4-6-21-23-16-27(2)24(9-11-28(27,33)10-3-13-30)22-7-5-19-15-20(32)8-12-29(19,26(22)23)34-25(21)14-18/h3-4,6,10,14-15,22-24,26,30,33H,5,7-9,11-13,16H2,1-2H3/b10-3-/t22-,23+,24-,26?,27-,28-,29+/m0/s1. The molecule has 4 aliphatic carbocycles. The molecule has 2 N–H and O–H groups in total. The highest BCUT2D eigenvalue weighted by molar-refractivity contribution is 8.01. The lowest BCUT2D eigenvalue weighted by atomic mass is 9.46. The minimum atomic E-state index is -0.915. The maximum Gasteiger partial charge on any atom is 0.159 e. The van der Waals surface area contributed by atoms with Gasteiger partial charge in [0.1, 0.15) is 0 Å². The lowest BCUT2D eigenvalue weighted by molar-refractivity contribution is -0.116. The predicted octanol–water partition coefficient (Wildman–Crippen LogP) is 5.23. The number of carbonyl (C=O) groups excluding carboxylic acids is 2. The number of Topliss-reactive ketones (excluding diaryl/α,β-unsaturated/α-hetero) is 1. The van der Waals surface area contributed by atoms with Crippen LogP contribution in [0.4, 0.5) is 0 Å². The molecule has 0 radical (unpaired) electrons. The molecule has 0 bridgehead atoms. The highest BCUT2D eigenvalue weighted by Crippen LogP contribution is 2.74. The Morgan fingerprint density at radius 1 is 1.24 bits per heavy atom. The largest absolute Gasteiger partial charge is 0.392 e. The van der Waals surface area contributed by atoms with Gasteiger partial charge in [0.2, 0.25) is 0 Å². The number of hydrogen-bond donors (Lipinski definition) is 2. The van der Waals surface area contributed by atoms with E-state index >= 15 is 0 Å². The number of ketones is 2. The van der Waals surface area contributed by atoms with E-state index in [2.05, 4.69) is 19.1 Å². The van der Waals surface area contributed by atoms with Crippen LogP contribution >= 0.6 is 11.8 Å². The van der Waals surface area contributed by atoms with Gasteiger partial charge >= 0.3 is 0 Å². The molecule has 3 saturated carbocycles. The van der Waals surface area contributed by atoms with E-state index in [0.29, 0.717) is 24.2 Å². The van der Waals surface area contributed by atoms with Gasteiger partial charge in [0, 0.05) is 27.0 Å². The van der Waals surface area contributed by atoms with Crippen LogP contribution in [0.5, 0.6) is 0 Å². The number of carbonyl (C=O) groups is 2. The maximum atomic E-state index is 12.5. The first-order valence-electron chi connectivity index (χ1n) is 12.8. The second kappa shape index (κ2) is 7.65. The fraction of sp³-hybridized carbons (Fsp3) is 0.586. The Morgan fingerprint density at radius 3 is 2.82 bits per heavy atom. The summed E-state index contributed by atoms with van der Waals surface area (Å²) < 4.78 is -0.0765. The molecule has 5 aliphatic rings. The fourth-order valence-corrected chi connectivity index (χ4v) is 10.6. The van der Waals surface area contributed by atoms with Gasteiger partial charge in [-0.1, -0.05) is 31.2 Å². The molecule has 1 unspecified atom stereocenters. The van der Waals surface area contributed by atoms with Crippen LogP contribution in [0, 0.1) is 23.2 Å². The molecule has 1 aromatic carbocycles. The zero-order valence-electron chi connectivity index (χ0n) is 20.0. The van der Waals surface area contributed by atoms with Crippen molar-refractivity contribution < 1.29 is 19.8 Å². The van der Waals surface area contributed by atoms with E-state index in [0.717, 1.165) is 44.1 Å². The summed E-state index contributed by atoms with van der Waals surface area (Å²) in [6.07, 6.45) is 11.7. The van der Waals surface area contributed by atoms with E-state index in [1.807, 2.05) is 30.0 Å². The minimum absolute atomic E-state index is 0.0584. The topological polar surface area (TPSA) is 74.6 Å². The van der Waals surface area contributed by atoms with Crippen LogP contribution in [-0.2, 0) is 4.79 Å². The average molecular weight is 479 g/mol. The normalized spacial score (nSPS) is 42.5.